The molecule has 3 nitrogen and oxygen atoms in total. The van der Waals surface area contributed by atoms with Gasteiger partial charge in [0, 0.05) is 0 Å². The third-order valence-corrected chi connectivity index (χ3v) is 0.136. The monoisotopic (exact) mass is 242 g/mol. The van der Waals surface area contributed by atoms with Crippen molar-refractivity contribution in [2.24, 2.45) is 0 Å². The van der Waals surface area contributed by atoms with E-state index < -0.39 is 0 Å². The molecule has 0 atom stereocenters. The van der Waals surface area contributed by atoms with Gasteiger partial charge in [-0.25, -0.2) is 12.2 Å². The first-order valence-corrected chi connectivity index (χ1v) is 1.78. The first-order valence-electron chi connectivity index (χ1n) is 1.78. The van der Waals surface area contributed by atoms with E-state index in [0.29, 0.717) is 0 Å². The fraction of sp³-hybridized carbons (Fsp3) is 0. The van der Waals surface area contributed by atoms with Crippen LogP contribution < -0.4 is 0 Å². The first-order chi connectivity index (χ1) is 4.91. The minimum Gasteiger partial charge on any atom is -0.545 e. The number of allylic oxidation sites excluding steroid dienone is 2. The Kier molecular flexibility index (Phi) is 1410. The molecule has 0 fully saturated rings. The van der Waals surface area contributed by atoms with Crippen LogP contribution in [0.5, 0.6) is 0 Å². The predicted molar refractivity (Wildman–Crippen MR) is 39.3 cm³/mol. The summed E-state index contributed by atoms with van der Waals surface area (Å²) in [6.45, 7) is 17.8. The van der Waals surface area contributed by atoms with Crippen LogP contribution in [0.2, 0.25) is 0 Å². The van der Waals surface area contributed by atoms with Crippen LogP contribution in [0.3, 0.4) is 0 Å². The van der Waals surface area contributed by atoms with Gasteiger partial charge in [-0.05, 0) is 0 Å². The Hall–Kier alpha value is -0.887. The van der Waals surface area contributed by atoms with Crippen LogP contribution in [0.15, 0.2) is 18.7 Å². The maximum absolute atomic E-state index is 7.75. The summed E-state index contributed by atoms with van der Waals surface area (Å²) in [6.07, 6.45) is 2.92. The minimum atomic E-state index is 0. The van der Waals surface area contributed by atoms with Gasteiger partial charge in [0.15, 0.2) is 0 Å². The van der Waals surface area contributed by atoms with E-state index in [1.807, 2.05) is 0 Å². The summed E-state index contributed by atoms with van der Waals surface area (Å²) in [6, 6.07) is 0. The van der Waals surface area contributed by atoms with Crippen LogP contribution in [-0.4, -0.2) is 20.4 Å². The van der Waals surface area contributed by atoms with Crippen molar-refractivity contribution in [1.82, 2.24) is 0 Å². The van der Waals surface area contributed by atoms with Crippen LogP contribution in [-0.2, 0) is 33.9 Å². The van der Waals surface area contributed by atoms with E-state index in [1.165, 1.54) is 12.2 Å². The molecule has 0 amide bonds. The van der Waals surface area contributed by atoms with Gasteiger partial charge in [-0.3, -0.25) is 26.9 Å². The average molecular weight is 241 g/mol. The maximum atomic E-state index is 7.75. The Labute approximate surface area is 79.9 Å². The van der Waals surface area contributed by atoms with Gasteiger partial charge in [-0.1, -0.05) is 0 Å². The van der Waals surface area contributed by atoms with Gasteiger partial charge in [-0.15, -0.1) is 0 Å². The van der Waals surface area contributed by atoms with E-state index in [2.05, 4.69) is 26.9 Å². The molecule has 0 bridgehead atoms. The Morgan fingerprint density at radius 3 is 1.00 bits per heavy atom. The van der Waals surface area contributed by atoms with Gasteiger partial charge in [0.05, 0.1) is 0 Å². The quantitative estimate of drug-likeness (QED) is 0.288. The summed E-state index contributed by atoms with van der Waals surface area (Å²) in [5.41, 5.74) is 0. The molecular formula is C7H8O3Ru. The molecule has 0 saturated carbocycles. The number of rotatable bonds is 1. The molecule has 0 aromatic rings. The van der Waals surface area contributed by atoms with Crippen molar-refractivity contribution in [1.29, 1.82) is 0 Å². The fourth-order valence-electron chi connectivity index (χ4n) is 0. The molecule has 0 aromatic carbocycles. The molecule has 0 spiro atoms. The van der Waals surface area contributed by atoms with Gasteiger partial charge >= 0.3 is 19.5 Å². The number of carbonyl (C=O) groups excluding carboxylic acids is 3. The van der Waals surface area contributed by atoms with E-state index in [-0.39, 0.29) is 19.5 Å². The normalized spacial score (nSPS) is 2.91. The number of hydrogen-bond donors (Lipinski definition) is 0. The molecule has 11 heavy (non-hydrogen) atoms. The minimum absolute atomic E-state index is 0. The molecule has 0 heterocycles. The van der Waals surface area contributed by atoms with Crippen molar-refractivity contribution >= 4 is 20.4 Å². The molecule has 0 radical (unpaired) electrons. The summed E-state index contributed by atoms with van der Waals surface area (Å²) < 4.78 is 0. The fourth-order valence-corrected chi connectivity index (χ4v) is 0. The predicted octanol–water partition coefficient (Wildman–Crippen LogP) is 0.337. The molecule has 62 valence electrons. The second-order valence-corrected chi connectivity index (χ2v) is 0.428. The van der Waals surface area contributed by atoms with Crippen molar-refractivity contribution in [2.75, 3.05) is 0 Å². The van der Waals surface area contributed by atoms with Crippen molar-refractivity contribution < 1.29 is 33.9 Å². The van der Waals surface area contributed by atoms with Gasteiger partial charge in [0.25, 0.3) is 0 Å². The maximum Gasteiger partial charge on any atom is 4.00 e. The standard InChI is InChI=1S/C4H5.3CHO.Ru/c1-3-4-2;3*1-2;/h1,3-4H,2H2;3*1H;/q4*-1;+4. The van der Waals surface area contributed by atoms with Gasteiger partial charge in [0.1, 0.15) is 0 Å². The zero-order chi connectivity index (χ0) is 9.41. The zero-order valence-corrected chi connectivity index (χ0v) is 7.49. The molecule has 0 aliphatic carbocycles. The molecule has 4 heteroatoms. The molecule has 0 aliphatic rings. The van der Waals surface area contributed by atoms with E-state index in [4.69, 9.17) is 21.0 Å². The van der Waals surface area contributed by atoms with E-state index in [0.717, 1.165) is 0 Å². The Morgan fingerprint density at radius 1 is 0.909 bits per heavy atom. The Balaban J connectivity index is -0.0000000152. The third kappa shape index (κ3) is 35900. The molecule has 0 unspecified atom stereocenters. The average Bonchev–Trinajstić information content (AvgIpc) is 2.14. The van der Waals surface area contributed by atoms with Gasteiger partial charge < -0.3 is 14.4 Å². The summed E-state index contributed by atoms with van der Waals surface area (Å²) >= 11 is 0. The zero-order valence-electron chi connectivity index (χ0n) is 5.75. The first kappa shape index (κ1) is 32.1. The van der Waals surface area contributed by atoms with Crippen LogP contribution in [0.1, 0.15) is 0 Å². The van der Waals surface area contributed by atoms with Crippen LogP contribution in [0.4, 0.5) is 0 Å². The SMILES string of the molecule is [CH-]=CC=C.[CH-]=O.[CH-]=O.[CH-]=O.[Ru+4]. The molecule has 0 aromatic heterocycles. The summed E-state index contributed by atoms with van der Waals surface area (Å²) in [4.78, 5) is 23.2. The summed E-state index contributed by atoms with van der Waals surface area (Å²) in [5, 5.41) is 0. The van der Waals surface area contributed by atoms with E-state index in [1.54, 1.807) is 0 Å². The van der Waals surface area contributed by atoms with Crippen molar-refractivity contribution in [2.45, 2.75) is 0 Å². The second-order valence-electron chi connectivity index (χ2n) is 0.428. The van der Waals surface area contributed by atoms with Gasteiger partial charge in [-0.2, -0.15) is 6.58 Å². The van der Waals surface area contributed by atoms with Crippen LogP contribution >= 0.6 is 0 Å². The summed E-state index contributed by atoms with van der Waals surface area (Å²) in [7, 11) is 0. The largest absolute Gasteiger partial charge is 4.00 e. The molecule has 0 rings (SSSR count). The second kappa shape index (κ2) is 484. The van der Waals surface area contributed by atoms with Crippen molar-refractivity contribution in [3.63, 3.8) is 0 Å². The number of hydrogen-bond acceptors (Lipinski definition) is 3. The molecule has 0 N–H and O–H groups in total. The van der Waals surface area contributed by atoms with Crippen LogP contribution in [0.25, 0.3) is 0 Å². The summed E-state index contributed by atoms with van der Waals surface area (Å²) in [5.74, 6) is 0. The molecular weight excluding hydrogens is 233 g/mol. The van der Waals surface area contributed by atoms with Crippen LogP contribution in [0, 0.1) is 6.58 Å². The van der Waals surface area contributed by atoms with Crippen molar-refractivity contribution in [3.8, 4) is 0 Å². The Morgan fingerprint density at radius 2 is 1.00 bits per heavy atom. The smallest absolute Gasteiger partial charge is 0.545 e. The topological polar surface area (TPSA) is 51.2 Å². The van der Waals surface area contributed by atoms with Gasteiger partial charge in [0.2, 0.25) is 0 Å². The molecule has 0 aliphatic heterocycles. The van der Waals surface area contributed by atoms with E-state index >= 15 is 0 Å². The Bertz CT molecular complexity index is 56.0. The molecule has 0 saturated heterocycles. The van der Waals surface area contributed by atoms with E-state index in [9.17, 15) is 0 Å². The third-order valence-electron chi connectivity index (χ3n) is 0.136. The van der Waals surface area contributed by atoms with Crippen molar-refractivity contribution in [3.05, 3.63) is 25.3 Å².